The van der Waals surface area contributed by atoms with Crippen molar-refractivity contribution in [2.24, 2.45) is 0 Å². The van der Waals surface area contributed by atoms with Gasteiger partial charge in [-0.2, -0.15) is 0 Å². The molecule has 0 radical (unpaired) electrons. The van der Waals surface area contributed by atoms with E-state index in [1.165, 1.54) is 6.07 Å². The highest BCUT2D eigenvalue weighted by Crippen LogP contribution is 2.18. The second-order valence-corrected chi connectivity index (χ2v) is 4.69. The number of carbonyl (C=O) groups excluding carboxylic acids is 1. The summed E-state index contributed by atoms with van der Waals surface area (Å²) in [6.07, 6.45) is 0.440. The Hall–Kier alpha value is -1.95. The van der Waals surface area contributed by atoms with Gasteiger partial charge in [0.1, 0.15) is 0 Å². The van der Waals surface area contributed by atoms with Gasteiger partial charge in [-0.1, -0.05) is 25.1 Å². The zero-order valence-electron chi connectivity index (χ0n) is 11.0. The minimum atomic E-state index is -0.960. The lowest BCUT2D eigenvalue weighted by molar-refractivity contribution is -0.385. The maximum absolute atomic E-state index is 11.7. The molecule has 0 aromatic heterocycles. The van der Waals surface area contributed by atoms with E-state index in [1.807, 2.05) is 6.92 Å². The molecule has 0 heterocycles. The van der Waals surface area contributed by atoms with Crippen LogP contribution in [0.2, 0.25) is 0 Å². The molecule has 2 N–H and O–H groups in total. The van der Waals surface area contributed by atoms with E-state index in [-0.39, 0.29) is 24.6 Å². The fourth-order valence-electron chi connectivity index (χ4n) is 1.49. The quantitative estimate of drug-likeness (QED) is 0.601. The molecule has 0 bridgehead atoms. The molecular formula is C13H18N2O4. The highest BCUT2D eigenvalue weighted by atomic mass is 16.6. The van der Waals surface area contributed by atoms with Crippen molar-refractivity contribution in [2.75, 3.05) is 6.54 Å². The van der Waals surface area contributed by atoms with E-state index in [4.69, 9.17) is 0 Å². The van der Waals surface area contributed by atoms with E-state index in [0.717, 1.165) is 0 Å². The van der Waals surface area contributed by atoms with Crippen LogP contribution in [0.15, 0.2) is 24.3 Å². The largest absolute Gasteiger partial charge is 0.388 e. The van der Waals surface area contributed by atoms with Crippen molar-refractivity contribution in [3.8, 4) is 0 Å². The Labute approximate surface area is 111 Å². The van der Waals surface area contributed by atoms with E-state index < -0.39 is 10.5 Å². The molecular weight excluding hydrogens is 248 g/mol. The lowest BCUT2D eigenvalue weighted by Crippen LogP contribution is -2.40. The van der Waals surface area contributed by atoms with Gasteiger partial charge in [0.05, 0.1) is 16.9 Å². The maximum atomic E-state index is 11.7. The number of amides is 1. The number of nitro benzene ring substituents is 1. The fraction of sp³-hybridized carbons (Fsp3) is 0.462. The normalized spacial score (nSPS) is 13.6. The summed E-state index contributed by atoms with van der Waals surface area (Å²) in [5, 5.41) is 23.1. The molecule has 1 unspecified atom stereocenters. The highest BCUT2D eigenvalue weighted by molar-refractivity contribution is 5.79. The summed E-state index contributed by atoms with van der Waals surface area (Å²) in [5.41, 5.74) is -0.667. The number of rotatable bonds is 6. The second kappa shape index (κ2) is 6.29. The predicted octanol–water partition coefficient (Wildman–Crippen LogP) is 1.41. The monoisotopic (exact) mass is 266 g/mol. The first-order chi connectivity index (χ1) is 8.85. The predicted molar refractivity (Wildman–Crippen MR) is 70.7 cm³/mol. The molecule has 0 saturated carbocycles. The first-order valence-electron chi connectivity index (χ1n) is 6.07. The van der Waals surface area contributed by atoms with Crippen molar-refractivity contribution in [2.45, 2.75) is 32.3 Å². The van der Waals surface area contributed by atoms with Gasteiger partial charge in [0.25, 0.3) is 5.69 Å². The second-order valence-electron chi connectivity index (χ2n) is 4.69. The van der Waals surface area contributed by atoms with Gasteiger partial charge in [-0.15, -0.1) is 0 Å². The van der Waals surface area contributed by atoms with Crippen molar-refractivity contribution in [3.05, 3.63) is 39.9 Å². The average molecular weight is 266 g/mol. The molecule has 6 nitrogen and oxygen atoms in total. The van der Waals surface area contributed by atoms with Gasteiger partial charge in [-0.05, 0) is 13.3 Å². The zero-order chi connectivity index (χ0) is 14.5. The Bertz CT molecular complexity index is 471. The Morgan fingerprint density at radius 1 is 1.47 bits per heavy atom. The summed E-state index contributed by atoms with van der Waals surface area (Å²) in [6, 6.07) is 6.12. The first kappa shape index (κ1) is 15.1. The highest BCUT2D eigenvalue weighted by Gasteiger charge is 2.20. The maximum Gasteiger partial charge on any atom is 0.273 e. The number of para-hydroxylation sites is 1. The minimum absolute atomic E-state index is 0.0695. The minimum Gasteiger partial charge on any atom is -0.388 e. The van der Waals surface area contributed by atoms with E-state index in [1.54, 1.807) is 25.1 Å². The lowest BCUT2D eigenvalue weighted by Gasteiger charge is -2.21. The van der Waals surface area contributed by atoms with E-state index >= 15 is 0 Å². The van der Waals surface area contributed by atoms with Crippen LogP contribution in [-0.4, -0.2) is 28.1 Å². The number of hydrogen-bond donors (Lipinski definition) is 2. The van der Waals surface area contributed by atoms with Crippen LogP contribution in [0, 0.1) is 10.1 Å². The van der Waals surface area contributed by atoms with Crippen molar-refractivity contribution in [3.63, 3.8) is 0 Å². The van der Waals surface area contributed by atoms with E-state index in [9.17, 15) is 20.0 Å². The number of hydrogen-bond acceptors (Lipinski definition) is 4. The molecule has 0 aliphatic carbocycles. The van der Waals surface area contributed by atoms with Crippen LogP contribution in [-0.2, 0) is 11.2 Å². The third-order valence-electron chi connectivity index (χ3n) is 2.97. The van der Waals surface area contributed by atoms with E-state index in [2.05, 4.69) is 5.32 Å². The molecule has 19 heavy (non-hydrogen) atoms. The summed E-state index contributed by atoms with van der Waals surface area (Å²) in [6.45, 7) is 3.56. The van der Waals surface area contributed by atoms with Gasteiger partial charge in [0.15, 0.2) is 0 Å². The molecule has 1 aromatic rings. The molecule has 104 valence electrons. The summed E-state index contributed by atoms with van der Waals surface area (Å²) >= 11 is 0. The van der Waals surface area contributed by atoms with Gasteiger partial charge in [-0.3, -0.25) is 14.9 Å². The van der Waals surface area contributed by atoms with Crippen molar-refractivity contribution in [1.29, 1.82) is 0 Å². The Balaban J connectivity index is 2.65. The number of benzene rings is 1. The van der Waals surface area contributed by atoms with Gasteiger partial charge < -0.3 is 10.4 Å². The number of nitro groups is 1. The SMILES string of the molecule is CCC(C)(O)CNC(=O)Cc1ccccc1[N+](=O)[O-]. The number of nitrogens with one attached hydrogen (secondary N) is 1. The Morgan fingerprint density at radius 3 is 2.68 bits per heavy atom. The summed E-state index contributed by atoms with van der Waals surface area (Å²) in [7, 11) is 0. The van der Waals surface area contributed by atoms with Crippen LogP contribution in [0.25, 0.3) is 0 Å². The van der Waals surface area contributed by atoms with Crippen molar-refractivity contribution >= 4 is 11.6 Å². The van der Waals surface area contributed by atoms with Crippen molar-refractivity contribution in [1.82, 2.24) is 5.32 Å². The first-order valence-corrected chi connectivity index (χ1v) is 6.07. The standard InChI is InChI=1S/C13H18N2O4/c1-3-13(2,17)9-14-12(16)8-10-6-4-5-7-11(10)15(18)19/h4-7,17H,3,8-9H2,1-2H3,(H,14,16). The molecule has 0 aliphatic rings. The zero-order valence-corrected chi connectivity index (χ0v) is 11.0. The molecule has 0 fully saturated rings. The lowest BCUT2D eigenvalue weighted by atomic mass is 10.0. The fourth-order valence-corrected chi connectivity index (χ4v) is 1.49. The molecule has 0 aliphatic heterocycles. The Kier molecular flexibility index (Phi) is 5.00. The summed E-state index contributed by atoms with van der Waals surface area (Å²) in [4.78, 5) is 22.0. The van der Waals surface area contributed by atoms with Gasteiger partial charge in [0, 0.05) is 18.2 Å². The third kappa shape index (κ3) is 4.67. The van der Waals surface area contributed by atoms with Crippen molar-refractivity contribution < 1.29 is 14.8 Å². The molecule has 1 aromatic carbocycles. The van der Waals surface area contributed by atoms with Gasteiger partial charge >= 0.3 is 0 Å². The van der Waals surface area contributed by atoms with E-state index in [0.29, 0.717) is 12.0 Å². The van der Waals surface area contributed by atoms with Gasteiger partial charge in [0.2, 0.25) is 5.91 Å². The van der Waals surface area contributed by atoms with Crippen LogP contribution >= 0.6 is 0 Å². The summed E-state index contributed by atoms with van der Waals surface area (Å²) in [5.74, 6) is -0.344. The van der Waals surface area contributed by atoms with Crippen LogP contribution in [0.4, 0.5) is 5.69 Å². The molecule has 1 amide bonds. The topological polar surface area (TPSA) is 92.5 Å². The van der Waals surface area contributed by atoms with Crippen LogP contribution < -0.4 is 5.32 Å². The Morgan fingerprint density at radius 2 is 2.11 bits per heavy atom. The molecule has 0 saturated heterocycles. The number of carbonyl (C=O) groups is 1. The number of nitrogens with zero attached hydrogens (tertiary/aromatic N) is 1. The smallest absolute Gasteiger partial charge is 0.273 e. The molecule has 1 atom stereocenters. The van der Waals surface area contributed by atoms with Gasteiger partial charge in [-0.25, -0.2) is 0 Å². The average Bonchev–Trinajstić information content (AvgIpc) is 2.37. The molecule has 1 rings (SSSR count). The third-order valence-corrected chi connectivity index (χ3v) is 2.97. The molecule has 0 spiro atoms. The summed E-state index contributed by atoms with van der Waals surface area (Å²) < 4.78 is 0. The van der Waals surface area contributed by atoms with Crippen LogP contribution in [0.5, 0.6) is 0 Å². The molecule has 6 heteroatoms. The number of aliphatic hydroxyl groups is 1. The van der Waals surface area contributed by atoms with Crippen LogP contribution in [0.1, 0.15) is 25.8 Å². The van der Waals surface area contributed by atoms with Crippen LogP contribution in [0.3, 0.4) is 0 Å².